The molecule has 1 amide bonds. The van der Waals surface area contributed by atoms with Crippen LogP contribution in [0, 0.1) is 0 Å². The van der Waals surface area contributed by atoms with Crippen molar-refractivity contribution in [2.24, 2.45) is 0 Å². The second-order valence-corrected chi connectivity index (χ2v) is 6.31. The third kappa shape index (κ3) is 4.03. The van der Waals surface area contributed by atoms with Gasteiger partial charge in [0.15, 0.2) is 0 Å². The molecule has 3 aromatic rings. The van der Waals surface area contributed by atoms with Crippen molar-refractivity contribution in [2.75, 3.05) is 7.11 Å². The van der Waals surface area contributed by atoms with E-state index >= 15 is 0 Å². The van der Waals surface area contributed by atoms with Crippen molar-refractivity contribution in [3.05, 3.63) is 83.1 Å². The fraction of sp³-hybridized carbons (Fsp3) is 0.143. The van der Waals surface area contributed by atoms with E-state index in [1.54, 1.807) is 31.6 Å². The number of ether oxygens (including phenoxy) is 1. The van der Waals surface area contributed by atoms with Gasteiger partial charge in [0.05, 0.1) is 23.7 Å². The quantitative estimate of drug-likeness (QED) is 0.698. The lowest BCUT2D eigenvalue weighted by molar-refractivity contribution is 0.0940. The van der Waals surface area contributed by atoms with Gasteiger partial charge in [0, 0.05) is 12.4 Å². The smallest absolute Gasteiger partial charge is 0.253 e. The van der Waals surface area contributed by atoms with Crippen LogP contribution in [0.15, 0.2) is 67.0 Å². The summed E-state index contributed by atoms with van der Waals surface area (Å²) < 4.78 is 5.15. The van der Waals surface area contributed by atoms with Gasteiger partial charge in [-0.25, -0.2) is 0 Å². The molecule has 1 unspecified atom stereocenters. The number of benzene rings is 2. The van der Waals surface area contributed by atoms with Crippen LogP contribution in [-0.2, 0) is 0 Å². The number of halogens is 1. The molecule has 26 heavy (non-hydrogen) atoms. The number of rotatable bonds is 5. The Labute approximate surface area is 157 Å². The largest absolute Gasteiger partial charge is 0.497 e. The van der Waals surface area contributed by atoms with Gasteiger partial charge in [-0.2, -0.15) is 0 Å². The molecule has 0 aliphatic rings. The zero-order valence-corrected chi connectivity index (χ0v) is 15.3. The molecule has 5 heteroatoms. The molecule has 0 radical (unpaired) electrons. The fourth-order valence-electron chi connectivity index (χ4n) is 2.67. The normalized spacial score (nSPS) is 11.7. The van der Waals surface area contributed by atoms with Gasteiger partial charge < -0.3 is 10.1 Å². The van der Waals surface area contributed by atoms with Gasteiger partial charge in [-0.15, -0.1) is 0 Å². The van der Waals surface area contributed by atoms with Gasteiger partial charge in [0.2, 0.25) is 0 Å². The predicted molar refractivity (Wildman–Crippen MR) is 104 cm³/mol. The maximum absolute atomic E-state index is 12.6. The number of amides is 1. The minimum atomic E-state index is -0.209. The number of nitrogens with zero attached hydrogens (tertiary/aromatic N) is 1. The Morgan fingerprint density at radius 1 is 1.04 bits per heavy atom. The van der Waals surface area contributed by atoms with Gasteiger partial charge in [0.1, 0.15) is 5.75 Å². The van der Waals surface area contributed by atoms with E-state index in [-0.39, 0.29) is 11.9 Å². The molecule has 2 aromatic carbocycles. The number of hydrogen-bond acceptors (Lipinski definition) is 3. The molecule has 1 N–H and O–H groups in total. The first-order valence-corrected chi connectivity index (χ1v) is 8.61. The monoisotopic (exact) mass is 366 g/mol. The lowest BCUT2D eigenvalue weighted by Crippen LogP contribution is -2.26. The highest BCUT2D eigenvalue weighted by molar-refractivity contribution is 6.34. The summed E-state index contributed by atoms with van der Waals surface area (Å²) in [6.07, 6.45) is 3.45. The number of nitrogens with one attached hydrogen (secondary N) is 1. The Morgan fingerprint density at radius 3 is 2.35 bits per heavy atom. The molecule has 0 aliphatic heterocycles. The molecule has 3 rings (SSSR count). The van der Waals surface area contributed by atoms with Crippen LogP contribution in [0.1, 0.15) is 28.9 Å². The lowest BCUT2D eigenvalue weighted by Gasteiger charge is -2.16. The molecule has 1 atom stereocenters. The average molecular weight is 367 g/mol. The van der Waals surface area contributed by atoms with E-state index in [0.717, 1.165) is 22.4 Å². The molecule has 1 heterocycles. The highest BCUT2D eigenvalue weighted by atomic mass is 35.5. The summed E-state index contributed by atoms with van der Waals surface area (Å²) in [5.74, 6) is 0.571. The second-order valence-electron chi connectivity index (χ2n) is 5.90. The zero-order valence-electron chi connectivity index (χ0n) is 14.6. The van der Waals surface area contributed by atoms with Gasteiger partial charge in [-0.1, -0.05) is 29.8 Å². The maximum Gasteiger partial charge on any atom is 0.253 e. The SMILES string of the molecule is COc1ccc(C(C)NC(=O)c2ccc(-c3ccncc3)cc2Cl)cc1. The van der Waals surface area contributed by atoms with E-state index in [0.29, 0.717) is 10.6 Å². The summed E-state index contributed by atoms with van der Waals surface area (Å²) >= 11 is 6.35. The van der Waals surface area contributed by atoms with Crippen LogP contribution in [0.2, 0.25) is 5.02 Å². The molecule has 0 saturated carbocycles. The molecule has 0 spiro atoms. The Hall–Kier alpha value is -2.85. The second kappa shape index (κ2) is 8.02. The molecular formula is C21H19ClN2O2. The number of carbonyl (C=O) groups is 1. The minimum absolute atomic E-state index is 0.149. The van der Waals surface area contributed by atoms with E-state index < -0.39 is 0 Å². The zero-order chi connectivity index (χ0) is 18.5. The Morgan fingerprint density at radius 2 is 1.73 bits per heavy atom. The van der Waals surface area contributed by atoms with Crippen molar-refractivity contribution < 1.29 is 9.53 Å². The van der Waals surface area contributed by atoms with Gasteiger partial charge in [0.25, 0.3) is 5.91 Å². The summed E-state index contributed by atoms with van der Waals surface area (Å²) in [5.41, 5.74) is 3.38. The first kappa shape index (κ1) is 18.0. The van der Waals surface area contributed by atoms with Gasteiger partial charge in [-0.3, -0.25) is 9.78 Å². The van der Waals surface area contributed by atoms with E-state index in [1.807, 2.05) is 49.4 Å². The number of hydrogen-bond donors (Lipinski definition) is 1. The third-order valence-corrected chi connectivity index (χ3v) is 4.50. The summed E-state index contributed by atoms with van der Waals surface area (Å²) in [4.78, 5) is 16.6. The van der Waals surface area contributed by atoms with E-state index in [9.17, 15) is 4.79 Å². The van der Waals surface area contributed by atoms with Crippen molar-refractivity contribution in [3.63, 3.8) is 0 Å². The lowest BCUT2D eigenvalue weighted by atomic mass is 10.0. The molecule has 4 nitrogen and oxygen atoms in total. The Bertz CT molecular complexity index is 896. The highest BCUT2D eigenvalue weighted by Gasteiger charge is 2.15. The van der Waals surface area contributed by atoms with E-state index in [1.165, 1.54) is 0 Å². The predicted octanol–water partition coefficient (Wildman–Crippen LogP) is 4.90. The van der Waals surface area contributed by atoms with Crippen molar-refractivity contribution in [1.82, 2.24) is 10.3 Å². The highest BCUT2D eigenvalue weighted by Crippen LogP contribution is 2.26. The molecule has 132 valence electrons. The van der Waals surface area contributed by atoms with Crippen LogP contribution in [0.3, 0.4) is 0 Å². The van der Waals surface area contributed by atoms with Gasteiger partial charge in [-0.05, 0) is 60.0 Å². The van der Waals surface area contributed by atoms with Crippen LogP contribution in [-0.4, -0.2) is 18.0 Å². The van der Waals surface area contributed by atoms with Crippen LogP contribution in [0.25, 0.3) is 11.1 Å². The van der Waals surface area contributed by atoms with E-state index in [2.05, 4.69) is 10.3 Å². The summed E-state index contributed by atoms with van der Waals surface area (Å²) in [6.45, 7) is 1.93. The summed E-state index contributed by atoms with van der Waals surface area (Å²) in [7, 11) is 1.62. The maximum atomic E-state index is 12.6. The number of aromatic nitrogens is 1. The Kier molecular flexibility index (Phi) is 5.54. The van der Waals surface area contributed by atoms with Crippen molar-refractivity contribution in [3.8, 4) is 16.9 Å². The molecule has 1 aromatic heterocycles. The summed E-state index contributed by atoms with van der Waals surface area (Å²) in [5, 5.41) is 3.39. The van der Waals surface area contributed by atoms with E-state index in [4.69, 9.17) is 16.3 Å². The van der Waals surface area contributed by atoms with Crippen molar-refractivity contribution >= 4 is 17.5 Å². The minimum Gasteiger partial charge on any atom is -0.497 e. The third-order valence-electron chi connectivity index (χ3n) is 4.19. The number of pyridine rings is 1. The van der Waals surface area contributed by atoms with Gasteiger partial charge >= 0.3 is 0 Å². The molecule has 0 bridgehead atoms. The summed E-state index contributed by atoms with van der Waals surface area (Å²) in [6, 6.07) is 16.7. The number of methoxy groups -OCH3 is 1. The Balaban J connectivity index is 1.75. The molecular weight excluding hydrogens is 348 g/mol. The average Bonchev–Trinajstić information content (AvgIpc) is 2.68. The van der Waals surface area contributed by atoms with Crippen molar-refractivity contribution in [2.45, 2.75) is 13.0 Å². The fourth-order valence-corrected chi connectivity index (χ4v) is 2.94. The molecule has 0 fully saturated rings. The standard InChI is InChI=1S/C21H19ClN2O2/c1-14(15-3-6-18(26-2)7-4-15)24-21(25)19-8-5-17(13-20(19)22)16-9-11-23-12-10-16/h3-14H,1-2H3,(H,24,25). The van der Waals surface area contributed by atoms with Crippen LogP contribution >= 0.6 is 11.6 Å². The molecule has 0 aliphatic carbocycles. The first-order chi connectivity index (χ1) is 12.6. The van der Waals surface area contributed by atoms with Crippen LogP contribution < -0.4 is 10.1 Å². The number of carbonyl (C=O) groups excluding carboxylic acids is 1. The topological polar surface area (TPSA) is 51.2 Å². The van der Waals surface area contributed by atoms with Crippen LogP contribution in [0.5, 0.6) is 5.75 Å². The first-order valence-electron chi connectivity index (χ1n) is 8.23. The van der Waals surface area contributed by atoms with Crippen LogP contribution in [0.4, 0.5) is 0 Å². The van der Waals surface area contributed by atoms with Crippen molar-refractivity contribution in [1.29, 1.82) is 0 Å². The molecule has 0 saturated heterocycles.